The molecule has 6 nitrogen and oxygen atoms in total. The summed E-state index contributed by atoms with van der Waals surface area (Å²) in [7, 11) is 0. The van der Waals surface area contributed by atoms with Crippen molar-refractivity contribution in [3.63, 3.8) is 0 Å². The SMILES string of the molecule is Cc1noc(C)c1C(=O)N1CC(CO)OC(C)(C)C1. The average molecular weight is 268 g/mol. The summed E-state index contributed by atoms with van der Waals surface area (Å²) in [5.74, 6) is 0.401. The van der Waals surface area contributed by atoms with Crippen LogP contribution >= 0.6 is 0 Å². The van der Waals surface area contributed by atoms with E-state index in [2.05, 4.69) is 5.16 Å². The highest BCUT2D eigenvalue weighted by Crippen LogP contribution is 2.24. The minimum absolute atomic E-state index is 0.102. The molecule has 1 fully saturated rings. The predicted molar refractivity (Wildman–Crippen MR) is 67.9 cm³/mol. The van der Waals surface area contributed by atoms with E-state index in [1.165, 1.54) is 0 Å². The molecule has 0 spiro atoms. The van der Waals surface area contributed by atoms with Crippen molar-refractivity contribution in [1.82, 2.24) is 10.1 Å². The van der Waals surface area contributed by atoms with Crippen LogP contribution in [0.2, 0.25) is 0 Å². The molecule has 1 atom stereocenters. The van der Waals surface area contributed by atoms with E-state index in [1.54, 1.807) is 18.7 Å². The number of morpholine rings is 1. The quantitative estimate of drug-likeness (QED) is 0.862. The number of carbonyl (C=O) groups is 1. The molecule has 106 valence electrons. The topological polar surface area (TPSA) is 75.8 Å². The van der Waals surface area contributed by atoms with Crippen LogP contribution in [-0.2, 0) is 4.74 Å². The van der Waals surface area contributed by atoms with Gasteiger partial charge in [0.1, 0.15) is 11.3 Å². The Morgan fingerprint density at radius 3 is 2.74 bits per heavy atom. The molecule has 2 heterocycles. The Balaban J connectivity index is 2.24. The van der Waals surface area contributed by atoms with Crippen LogP contribution in [0.1, 0.15) is 35.7 Å². The molecule has 0 bridgehead atoms. The number of rotatable bonds is 2. The number of ether oxygens (including phenoxy) is 1. The van der Waals surface area contributed by atoms with Gasteiger partial charge in [-0.05, 0) is 27.7 Å². The first-order valence-corrected chi connectivity index (χ1v) is 6.35. The van der Waals surface area contributed by atoms with Crippen LogP contribution < -0.4 is 0 Å². The van der Waals surface area contributed by atoms with Gasteiger partial charge in [0, 0.05) is 13.1 Å². The molecule has 2 rings (SSSR count). The van der Waals surface area contributed by atoms with E-state index in [0.717, 1.165) is 0 Å². The first kappa shape index (κ1) is 14.0. The second-order valence-electron chi connectivity index (χ2n) is 5.57. The van der Waals surface area contributed by atoms with Gasteiger partial charge in [0.2, 0.25) is 0 Å². The first-order chi connectivity index (χ1) is 8.84. The summed E-state index contributed by atoms with van der Waals surface area (Å²) in [5, 5.41) is 13.1. The number of aromatic nitrogens is 1. The molecule has 1 aromatic rings. The van der Waals surface area contributed by atoms with E-state index in [0.29, 0.717) is 30.1 Å². The van der Waals surface area contributed by atoms with Crippen molar-refractivity contribution < 1.29 is 19.2 Å². The molecule has 1 N–H and O–H groups in total. The second kappa shape index (κ2) is 4.94. The lowest BCUT2D eigenvalue weighted by atomic mass is 10.0. The van der Waals surface area contributed by atoms with E-state index in [4.69, 9.17) is 9.26 Å². The zero-order valence-electron chi connectivity index (χ0n) is 11.8. The fourth-order valence-corrected chi connectivity index (χ4v) is 2.49. The Hall–Kier alpha value is -1.40. The van der Waals surface area contributed by atoms with Crippen molar-refractivity contribution in [3.05, 3.63) is 17.0 Å². The fraction of sp³-hybridized carbons (Fsp3) is 0.692. The maximum absolute atomic E-state index is 12.5. The number of hydrogen-bond acceptors (Lipinski definition) is 5. The Labute approximate surface area is 112 Å². The Kier molecular flexibility index (Phi) is 3.64. The lowest BCUT2D eigenvalue weighted by Crippen LogP contribution is -2.55. The van der Waals surface area contributed by atoms with Gasteiger partial charge in [-0.15, -0.1) is 0 Å². The molecule has 1 amide bonds. The van der Waals surface area contributed by atoms with E-state index in [9.17, 15) is 9.90 Å². The maximum atomic E-state index is 12.5. The van der Waals surface area contributed by atoms with Crippen molar-refractivity contribution in [2.45, 2.75) is 39.4 Å². The van der Waals surface area contributed by atoms with Crippen LogP contribution in [0.3, 0.4) is 0 Å². The summed E-state index contributed by atoms with van der Waals surface area (Å²) >= 11 is 0. The normalized spacial score (nSPS) is 22.6. The summed E-state index contributed by atoms with van der Waals surface area (Å²) in [6.07, 6.45) is -0.354. The Morgan fingerprint density at radius 1 is 1.53 bits per heavy atom. The number of hydrogen-bond donors (Lipinski definition) is 1. The molecule has 0 saturated carbocycles. The van der Waals surface area contributed by atoms with Crippen LogP contribution in [0.4, 0.5) is 0 Å². The molecule has 19 heavy (non-hydrogen) atoms. The zero-order chi connectivity index (χ0) is 14.2. The number of amides is 1. The summed E-state index contributed by atoms with van der Waals surface area (Å²) < 4.78 is 10.7. The van der Waals surface area contributed by atoms with Gasteiger partial charge in [0.15, 0.2) is 0 Å². The summed E-state index contributed by atoms with van der Waals surface area (Å²) in [6.45, 7) is 8.04. The molecule has 0 aromatic carbocycles. The third-order valence-electron chi connectivity index (χ3n) is 3.22. The zero-order valence-corrected chi connectivity index (χ0v) is 11.8. The minimum Gasteiger partial charge on any atom is -0.394 e. The predicted octanol–water partition coefficient (Wildman–Crippen LogP) is 0.903. The molecule has 1 aliphatic heterocycles. The highest BCUT2D eigenvalue weighted by molar-refractivity contribution is 5.96. The van der Waals surface area contributed by atoms with Crippen molar-refractivity contribution in [2.24, 2.45) is 0 Å². The van der Waals surface area contributed by atoms with Crippen molar-refractivity contribution in [3.8, 4) is 0 Å². The smallest absolute Gasteiger partial charge is 0.259 e. The van der Waals surface area contributed by atoms with Gasteiger partial charge < -0.3 is 19.3 Å². The van der Waals surface area contributed by atoms with Gasteiger partial charge in [-0.25, -0.2) is 0 Å². The monoisotopic (exact) mass is 268 g/mol. The van der Waals surface area contributed by atoms with E-state index >= 15 is 0 Å². The summed E-state index contributed by atoms with van der Waals surface area (Å²) in [4.78, 5) is 14.2. The van der Waals surface area contributed by atoms with E-state index in [-0.39, 0.29) is 18.6 Å². The highest BCUT2D eigenvalue weighted by Gasteiger charge is 2.37. The lowest BCUT2D eigenvalue weighted by molar-refractivity contribution is -0.139. The number of carbonyl (C=O) groups excluding carboxylic acids is 1. The molecule has 0 radical (unpaired) electrons. The van der Waals surface area contributed by atoms with Crippen LogP contribution in [0.25, 0.3) is 0 Å². The average Bonchev–Trinajstić information content (AvgIpc) is 2.66. The third-order valence-corrected chi connectivity index (χ3v) is 3.22. The van der Waals surface area contributed by atoms with E-state index in [1.807, 2.05) is 13.8 Å². The van der Waals surface area contributed by atoms with Crippen molar-refractivity contribution >= 4 is 5.91 Å². The molecule has 1 unspecified atom stereocenters. The number of aliphatic hydroxyl groups is 1. The first-order valence-electron chi connectivity index (χ1n) is 6.35. The fourth-order valence-electron chi connectivity index (χ4n) is 2.49. The molecular formula is C13H20N2O4. The molecule has 1 aromatic heterocycles. The van der Waals surface area contributed by atoms with Gasteiger partial charge in [-0.3, -0.25) is 4.79 Å². The van der Waals surface area contributed by atoms with Gasteiger partial charge in [0.25, 0.3) is 5.91 Å². The molecule has 0 aliphatic carbocycles. The molecular weight excluding hydrogens is 248 g/mol. The number of nitrogens with zero attached hydrogens (tertiary/aromatic N) is 2. The number of aliphatic hydroxyl groups excluding tert-OH is 1. The van der Waals surface area contributed by atoms with Crippen LogP contribution in [-0.4, -0.2) is 52.5 Å². The van der Waals surface area contributed by atoms with Crippen LogP contribution in [0.15, 0.2) is 4.52 Å². The second-order valence-corrected chi connectivity index (χ2v) is 5.57. The van der Waals surface area contributed by atoms with E-state index < -0.39 is 5.60 Å². The largest absolute Gasteiger partial charge is 0.394 e. The van der Waals surface area contributed by atoms with Crippen LogP contribution in [0, 0.1) is 13.8 Å². The number of aryl methyl sites for hydroxylation is 2. The van der Waals surface area contributed by atoms with Gasteiger partial charge in [-0.2, -0.15) is 0 Å². The molecule has 1 saturated heterocycles. The molecule has 6 heteroatoms. The van der Waals surface area contributed by atoms with Gasteiger partial charge in [0.05, 0.1) is 24.0 Å². The summed E-state index contributed by atoms with van der Waals surface area (Å²) in [5.41, 5.74) is 0.627. The maximum Gasteiger partial charge on any atom is 0.259 e. The standard InChI is InChI=1S/C13H20N2O4/c1-8-11(9(2)19-14-8)12(17)15-5-10(6-16)18-13(3,4)7-15/h10,16H,5-7H2,1-4H3. The van der Waals surface area contributed by atoms with Gasteiger partial charge >= 0.3 is 0 Å². The Morgan fingerprint density at radius 2 is 2.21 bits per heavy atom. The molecule has 1 aliphatic rings. The third kappa shape index (κ3) is 2.79. The lowest BCUT2D eigenvalue weighted by Gasteiger charge is -2.42. The van der Waals surface area contributed by atoms with Gasteiger partial charge in [-0.1, -0.05) is 5.16 Å². The minimum atomic E-state index is -0.472. The van der Waals surface area contributed by atoms with Crippen molar-refractivity contribution in [2.75, 3.05) is 19.7 Å². The Bertz CT molecular complexity index is 461. The van der Waals surface area contributed by atoms with Crippen molar-refractivity contribution in [1.29, 1.82) is 0 Å². The summed E-state index contributed by atoms with van der Waals surface area (Å²) in [6, 6.07) is 0. The van der Waals surface area contributed by atoms with Crippen LogP contribution in [0.5, 0.6) is 0 Å². The highest BCUT2D eigenvalue weighted by atomic mass is 16.5.